The van der Waals surface area contributed by atoms with Crippen molar-refractivity contribution in [3.63, 3.8) is 0 Å². The molecule has 132 valence electrons. The van der Waals surface area contributed by atoms with E-state index >= 15 is 0 Å². The normalized spacial score (nSPS) is 9.73. The van der Waals surface area contributed by atoms with Crippen molar-refractivity contribution in [3.05, 3.63) is 101 Å². The number of carbonyl (C=O) groups is 2. The van der Waals surface area contributed by atoms with Crippen LogP contribution >= 0.6 is 0 Å². The van der Waals surface area contributed by atoms with E-state index in [1.165, 1.54) is 12.1 Å². The van der Waals surface area contributed by atoms with Crippen LogP contribution in [0.25, 0.3) is 0 Å². The molecule has 5 nitrogen and oxygen atoms in total. The van der Waals surface area contributed by atoms with E-state index in [1.807, 2.05) is 18.2 Å². The Morgan fingerprint density at radius 2 is 1.46 bits per heavy atom. The van der Waals surface area contributed by atoms with Crippen molar-refractivity contribution < 1.29 is 14.7 Å². The maximum atomic E-state index is 12.1. The quantitative estimate of drug-likeness (QED) is 0.691. The van der Waals surface area contributed by atoms with E-state index in [0.717, 1.165) is 12.1 Å². The van der Waals surface area contributed by atoms with Crippen molar-refractivity contribution >= 4 is 11.8 Å². The standard InChI is InChI=1S/C14H10O3.C7H10N2/c15-13(10-6-2-1-3-7-10)11-8-4-5-9-12(11)14(16)17;8-5-4-7-3-1-2-6-9-7/h1-9H,(H,16,17);1-3,6H,4-5,8H2. The summed E-state index contributed by atoms with van der Waals surface area (Å²) in [7, 11) is 0. The van der Waals surface area contributed by atoms with Crippen molar-refractivity contribution in [2.75, 3.05) is 6.54 Å². The molecule has 0 aliphatic carbocycles. The van der Waals surface area contributed by atoms with E-state index in [4.69, 9.17) is 10.8 Å². The van der Waals surface area contributed by atoms with Gasteiger partial charge in [-0.25, -0.2) is 4.79 Å². The molecule has 3 N–H and O–H groups in total. The molecule has 0 bridgehead atoms. The molecule has 0 aliphatic heterocycles. The minimum atomic E-state index is -1.09. The molecular weight excluding hydrogens is 328 g/mol. The van der Waals surface area contributed by atoms with Gasteiger partial charge < -0.3 is 10.8 Å². The Bertz CT molecular complexity index is 849. The molecular formula is C21H20N2O3. The van der Waals surface area contributed by atoms with Gasteiger partial charge in [0, 0.05) is 29.4 Å². The number of carbonyl (C=O) groups excluding carboxylic acids is 1. The van der Waals surface area contributed by atoms with Crippen LogP contribution in [-0.2, 0) is 6.42 Å². The third kappa shape index (κ3) is 5.36. The van der Waals surface area contributed by atoms with Gasteiger partial charge in [0.2, 0.25) is 0 Å². The van der Waals surface area contributed by atoms with Crippen LogP contribution in [0.15, 0.2) is 79.0 Å². The van der Waals surface area contributed by atoms with Crippen LogP contribution in [0, 0.1) is 0 Å². The van der Waals surface area contributed by atoms with Crippen molar-refractivity contribution in [1.82, 2.24) is 4.98 Å². The van der Waals surface area contributed by atoms with Gasteiger partial charge in [-0.1, -0.05) is 54.6 Å². The maximum absolute atomic E-state index is 12.1. The molecule has 1 aromatic heterocycles. The predicted molar refractivity (Wildman–Crippen MR) is 100 cm³/mol. The number of carboxylic acid groups (broad SMARTS) is 1. The Balaban J connectivity index is 0.000000228. The van der Waals surface area contributed by atoms with E-state index in [1.54, 1.807) is 48.7 Å². The van der Waals surface area contributed by atoms with Gasteiger partial charge in [-0.15, -0.1) is 0 Å². The number of aromatic nitrogens is 1. The zero-order valence-electron chi connectivity index (χ0n) is 14.2. The highest BCUT2D eigenvalue weighted by atomic mass is 16.4. The lowest BCUT2D eigenvalue weighted by atomic mass is 9.98. The summed E-state index contributed by atoms with van der Waals surface area (Å²) in [5.41, 5.74) is 7.12. The SMILES string of the molecule is NCCc1ccccn1.O=C(O)c1ccccc1C(=O)c1ccccc1. The first-order valence-electron chi connectivity index (χ1n) is 8.15. The molecule has 0 amide bonds. The van der Waals surface area contributed by atoms with Crippen LogP contribution in [-0.4, -0.2) is 28.4 Å². The Morgan fingerprint density at radius 3 is 2.04 bits per heavy atom. The summed E-state index contributed by atoms with van der Waals surface area (Å²) in [6.07, 6.45) is 2.66. The smallest absolute Gasteiger partial charge is 0.336 e. The fourth-order valence-corrected chi connectivity index (χ4v) is 2.31. The highest BCUT2D eigenvalue weighted by Gasteiger charge is 2.16. The lowest BCUT2D eigenvalue weighted by Crippen LogP contribution is -2.09. The minimum absolute atomic E-state index is 0.0290. The Labute approximate surface area is 152 Å². The summed E-state index contributed by atoms with van der Waals surface area (Å²) < 4.78 is 0. The monoisotopic (exact) mass is 348 g/mol. The Kier molecular flexibility index (Phi) is 7.21. The number of ketones is 1. The Hall–Kier alpha value is -3.31. The fourth-order valence-electron chi connectivity index (χ4n) is 2.31. The minimum Gasteiger partial charge on any atom is -0.478 e. The summed E-state index contributed by atoms with van der Waals surface area (Å²) in [6.45, 7) is 0.678. The largest absolute Gasteiger partial charge is 0.478 e. The molecule has 3 rings (SSSR count). The van der Waals surface area contributed by atoms with Gasteiger partial charge in [0.15, 0.2) is 5.78 Å². The number of pyridine rings is 1. The molecule has 0 radical (unpaired) electrons. The van der Waals surface area contributed by atoms with E-state index in [9.17, 15) is 9.59 Å². The first kappa shape index (κ1) is 19.0. The number of carboxylic acids is 1. The third-order valence-electron chi connectivity index (χ3n) is 3.56. The molecule has 0 saturated carbocycles. The summed E-state index contributed by atoms with van der Waals surface area (Å²) in [5.74, 6) is -1.37. The summed E-state index contributed by atoms with van der Waals surface area (Å²) >= 11 is 0. The van der Waals surface area contributed by atoms with Gasteiger partial charge in [0.25, 0.3) is 0 Å². The van der Waals surface area contributed by atoms with Gasteiger partial charge in [-0.3, -0.25) is 9.78 Å². The molecule has 3 aromatic rings. The van der Waals surface area contributed by atoms with Crippen LogP contribution in [0.5, 0.6) is 0 Å². The van der Waals surface area contributed by atoms with Gasteiger partial charge in [0.1, 0.15) is 0 Å². The van der Waals surface area contributed by atoms with E-state index in [2.05, 4.69) is 4.98 Å². The van der Waals surface area contributed by atoms with Crippen LogP contribution in [0.4, 0.5) is 0 Å². The molecule has 0 spiro atoms. The lowest BCUT2D eigenvalue weighted by Gasteiger charge is -2.04. The van der Waals surface area contributed by atoms with Gasteiger partial charge >= 0.3 is 5.97 Å². The van der Waals surface area contributed by atoms with Crippen LogP contribution in [0.1, 0.15) is 32.0 Å². The number of benzene rings is 2. The first-order chi connectivity index (χ1) is 12.6. The van der Waals surface area contributed by atoms with Gasteiger partial charge in [-0.2, -0.15) is 0 Å². The second kappa shape index (κ2) is 9.86. The zero-order valence-corrected chi connectivity index (χ0v) is 14.2. The van der Waals surface area contributed by atoms with Crippen molar-refractivity contribution in [3.8, 4) is 0 Å². The van der Waals surface area contributed by atoms with Crippen LogP contribution in [0.2, 0.25) is 0 Å². The highest BCUT2D eigenvalue weighted by Crippen LogP contribution is 2.14. The number of nitrogens with zero attached hydrogens (tertiary/aromatic N) is 1. The van der Waals surface area contributed by atoms with E-state index in [0.29, 0.717) is 12.1 Å². The molecule has 5 heteroatoms. The molecule has 0 atom stereocenters. The zero-order chi connectivity index (χ0) is 18.8. The molecule has 2 aromatic carbocycles. The van der Waals surface area contributed by atoms with Gasteiger partial charge in [-0.05, 0) is 24.7 Å². The Morgan fingerprint density at radius 1 is 0.846 bits per heavy atom. The maximum Gasteiger partial charge on any atom is 0.336 e. The number of aromatic carboxylic acids is 1. The fraction of sp³-hybridized carbons (Fsp3) is 0.0952. The van der Waals surface area contributed by atoms with Crippen LogP contribution < -0.4 is 5.73 Å². The molecule has 0 saturated heterocycles. The first-order valence-corrected chi connectivity index (χ1v) is 8.15. The molecule has 1 heterocycles. The molecule has 0 fully saturated rings. The van der Waals surface area contributed by atoms with Crippen molar-refractivity contribution in [2.45, 2.75) is 6.42 Å². The average molecular weight is 348 g/mol. The second-order valence-corrected chi connectivity index (χ2v) is 5.41. The van der Waals surface area contributed by atoms with Gasteiger partial charge in [0.05, 0.1) is 5.56 Å². The third-order valence-corrected chi connectivity index (χ3v) is 3.56. The highest BCUT2D eigenvalue weighted by molar-refractivity contribution is 6.14. The summed E-state index contributed by atoms with van der Waals surface area (Å²) in [6, 6.07) is 20.7. The summed E-state index contributed by atoms with van der Waals surface area (Å²) in [4.78, 5) is 27.2. The predicted octanol–water partition coefficient (Wildman–Crippen LogP) is 3.20. The molecule has 0 unspecified atom stereocenters. The topological polar surface area (TPSA) is 93.3 Å². The van der Waals surface area contributed by atoms with Crippen molar-refractivity contribution in [1.29, 1.82) is 0 Å². The van der Waals surface area contributed by atoms with E-state index < -0.39 is 5.97 Å². The van der Waals surface area contributed by atoms with E-state index in [-0.39, 0.29) is 16.9 Å². The molecule has 26 heavy (non-hydrogen) atoms. The van der Waals surface area contributed by atoms with Crippen LogP contribution in [0.3, 0.4) is 0 Å². The average Bonchev–Trinajstić information content (AvgIpc) is 2.69. The lowest BCUT2D eigenvalue weighted by molar-refractivity contribution is 0.0693. The number of rotatable bonds is 5. The number of nitrogens with two attached hydrogens (primary N) is 1. The summed E-state index contributed by atoms with van der Waals surface area (Å²) in [5, 5.41) is 9.01. The van der Waals surface area contributed by atoms with Crippen molar-refractivity contribution in [2.24, 2.45) is 5.73 Å². The number of hydrogen-bond acceptors (Lipinski definition) is 4. The second-order valence-electron chi connectivity index (χ2n) is 5.41. The number of hydrogen-bond donors (Lipinski definition) is 2. The molecule has 0 aliphatic rings.